The summed E-state index contributed by atoms with van der Waals surface area (Å²) in [7, 11) is 0. The van der Waals surface area contributed by atoms with Crippen LogP contribution in [0, 0.1) is 5.92 Å². The Balaban J connectivity index is 2.45. The molecule has 0 bridgehead atoms. The van der Waals surface area contributed by atoms with E-state index >= 15 is 0 Å². The van der Waals surface area contributed by atoms with Crippen LogP contribution in [0.15, 0.2) is 0 Å². The summed E-state index contributed by atoms with van der Waals surface area (Å²) in [5, 5.41) is 8.54. The zero-order valence-electron chi connectivity index (χ0n) is 7.12. The van der Waals surface area contributed by atoms with Gasteiger partial charge in [0.1, 0.15) is 12.4 Å². The molecule has 1 rings (SSSR count). The first-order valence-electron chi connectivity index (χ1n) is 4.04. The Morgan fingerprint density at radius 1 is 1.58 bits per heavy atom. The number of Topliss-reactive ketones (excluding diaryl/α,β-unsaturated/α-hetero) is 1. The molecule has 0 aromatic rings. The van der Waals surface area contributed by atoms with Crippen LogP contribution >= 0.6 is 0 Å². The Morgan fingerprint density at radius 2 is 2.25 bits per heavy atom. The molecule has 1 saturated heterocycles. The lowest BCUT2D eigenvalue weighted by Crippen LogP contribution is -2.31. The number of likely N-dealkylation sites (tertiary alicyclic amines) is 1. The van der Waals surface area contributed by atoms with Crippen molar-refractivity contribution in [3.05, 3.63) is 0 Å². The van der Waals surface area contributed by atoms with Crippen LogP contribution in [-0.2, 0) is 9.59 Å². The molecule has 4 heteroatoms. The molecule has 1 aliphatic heterocycles. The second-order valence-electron chi connectivity index (χ2n) is 3.09. The first-order chi connectivity index (χ1) is 5.65. The normalized spacial score (nSPS) is 22.8. The zero-order chi connectivity index (χ0) is 9.14. The number of nitrogens with zero attached hydrogens (tertiary/aromatic N) is 1. The van der Waals surface area contributed by atoms with Gasteiger partial charge in [0.2, 0.25) is 5.91 Å². The molecule has 0 aromatic carbocycles. The van der Waals surface area contributed by atoms with Gasteiger partial charge in [-0.3, -0.25) is 9.59 Å². The predicted octanol–water partition coefficient (Wildman–Crippen LogP) is -0.584. The maximum atomic E-state index is 10.9. The van der Waals surface area contributed by atoms with Gasteiger partial charge in [-0.05, 0) is 13.3 Å². The van der Waals surface area contributed by atoms with E-state index in [2.05, 4.69) is 0 Å². The van der Waals surface area contributed by atoms with Crippen molar-refractivity contribution in [1.82, 2.24) is 4.90 Å². The van der Waals surface area contributed by atoms with E-state index in [9.17, 15) is 9.59 Å². The maximum Gasteiger partial charge on any atom is 0.248 e. The third kappa shape index (κ3) is 1.82. The van der Waals surface area contributed by atoms with Gasteiger partial charge in [-0.1, -0.05) is 0 Å². The Bertz CT molecular complexity index is 202. The van der Waals surface area contributed by atoms with Gasteiger partial charge in [0.05, 0.1) is 0 Å². The molecule has 1 amide bonds. The van der Waals surface area contributed by atoms with Crippen LogP contribution in [0.4, 0.5) is 0 Å². The molecule has 1 unspecified atom stereocenters. The van der Waals surface area contributed by atoms with Gasteiger partial charge in [-0.15, -0.1) is 0 Å². The van der Waals surface area contributed by atoms with Crippen molar-refractivity contribution in [3.63, 3.8) is 0 Å². The van der Waals surface area contributed by atoms with Crippen molar-refractivity contribution in [2.45, 2.75) is 13.3 Å². The number of hydrogen-bond acceptors (Lipinski definition) is 3. The highest BCUT2D eigenvalue weighted by Crippen LogP contribution is 2.16. The second kappa shape index (κ2) is 3.67. The van der Waals surface area contributed by atoms with Gasteiger partial charge >= 0.3 is 0 Å². The fraction of sp³-hybridized carbons (Fsp3) is 0.750. The molecule has 0 spiro atoms. The topological polar surface area (TPSA) is 57.6 Å². The van der Waals surface area contributed by atoms with E-state index in [1.165, 1.54) is 11.8 Å². The van der Waals surface area contributed by atoms with Crippen LogP contribution in [0.3, 0.4) is 0 Å². The lowest BCUT2D eigenvalue weighted by atomic mass is 10.1. The summed E-state index contributed by atoms with van der Waals surface area (Å²) < 4.78 is 0. The van der Waals surface area contributed by atoms with Crippen LogP contribution in [0.1, 0.15) is 13.3 Å². The van der Waals surface area contributed by atoms with Crippen LogP contribution in [-0.4, -0.2) is 41.4 Å². The Kier molecular flexibility index (Phi) is 2.81. The zero-order valence-corrected chi connectivity index (χ0v) is 7.12. The van der Waals surface area contributed by atoms with Crippen LogP contribution in [0.5, 0.6) is 0 Å². The smallest absolute Gasteiger partial charge is 0.248 e. The molecule has 0 radical (unpaired) electrons. The van der Waals surface area contributed by atoms with E-state index < -0.39 is 6.61 Å². The van der Waals surface area contributed by atoms with Crippen molar-refractivity contribution in [2.24, 2.45) is 5.92 Å². The van der Waals surface area contributed by atoms with E-state index in [0.29, 0.717) is 13.1 Å². The van der Waals surface area contributed by atoms with E-state index in [0.717, 1.165) is 6.42 Å². The molecule has 12 heavy (non-hydrogen) atoms. The van der Waals surface area contributed by atoms with E-state index in [-0.39, 0.29) is 17.6 Å². The maximum absolute atomic E-state index is 10.9. The summed E-state index contributed by atoms with van der Waals surface area (Å²) in [6, 6.07) is 0. The number of aliphatic hydroxyl groups is 1. The molecule has 1 aliphatic rings. The highest BCUT2D eigenvalue weighted by molar-refractivity contribution is 5.82. The molecular formula is C8H13NO3. The van der Waals surface area contributed by atoms with Gasteiger partial charge in [0.25, 0.3) is 0 Å². The first kappa shape index (κ1) is 9.19. The molecule has 1 fully saturated rings. The van der Waals surface area contributed by atoms with Crippen molar-refractivity contribution in [3.8, 4) is 0 Å². The van der Waals surface area contributed by atoms with Crippen LogP contribution in [0.2, 0.25) is 0 Å². The minimum atomic E-state index is -0.454. The number of ketones is 1. The molecule has 0 saturated carbocycles. The minimum Gasteiger partial charge on any atom is -0.387 e. The molecular weight excluding hydrogens is 158 g/mol. The molecule has 1 heterocycles. The summed E-state index contributed by atoms with van der Waals surface area (Å²) >= 11 is 0. The molecule has 4 nitrogen and oxygen atoms in total. The van der Waals surface area contributed by atoms with Gasteiger partial charge in [0, 0.05) is 19.0 Å². The van der Waals surface area contributed by atoms with Crippen molar-refractivity contribution in [2.75, 3.05) is 19.7 Å². The summed E-state index contributed by atoms with van der Waals surface area (Å²) in [6.07, 6.45) is 0.737. The van der Waals surface area contributed by atoms with Crippen molar-refractivity contribution in [1.29, 1.82) is 0 Å². The SMILES string of the molecule is CC(=O)C1CCN(C(=O)CO)C1. The fourth-order valence-corrected chi connectivity index (χ4v) is 1.42. The highest BCUT2D eigenvalue weighted by atomic mass is 16.3. The number of rotatable bonds is 2. The largest absolute Gasteiger partial charge is 0.387 e. The molecule has 0 aliphatic carbocycles. The lowest BCUT2D eigenvalue weighted by Gasteiger charge is -2.13. The molecule has 68 valence electrons. The average molecular weight is 171 g/mol. The number of aliphatic hydroxyl groups excluding tert-OH is 1. The minimum absolute atomic E-state index is 0.0134. The van der Waals surface area contributed by atoms with Gasteiger partial charge in [-0.25, -0.2) is 0 Å². The van der Waals surface area contributed by atoms with Crippen molar-refractivity contribution >= 4 is 11.7 Å². The van der Waals surface area contributed by atoms with Gasteiger partial charge < -0.3 is 10.0 Å². The summed E-state index contributed by atoms with van der Waals surface area (Å²) in [5.41, 5.74) is 0. The van der Waals surface area contributed by atoms with Crippen molar-refractivity contribution < 1.29 is 14.7 Å². The monoisotopic (exact) mass is 171 g/mol. The van der Waals surface area contributed by atoms with Crippen LogP contribution in [0.25, 0.3) is 0 Å². The summed E-state index contributed by atoms with van der Waals surface area (Å²) in [5.74, 6) is -0.164. The Hall–Kier alpha value is -0.900. The quantitative estimate of drug-likeness (QED) is 0.604. The summed E-state index contributed by atoms with van der Waals surface area (Å²) in [4.78, 5) is 23.4. The number of amides is 1. The van der Waals surface area contributed by atoms with Gasteiger partial charge in [0.15, 0.2) is 0 Å². The Labute approximate surface area is 71.2 Å². The predicted molar refractivity (Wildman–Crippen MR) is 42.5 cm³/mol. The number of carbonyl (C=O) groups excluding carboxylic acids is 2. The molecule has 1 N–H and O–H groups in total. The van der Waals surface area contributed by atoms with E-state index in [4.69, 9.17) is 5.11 Å². The van der Waals surface area contributed by atoms with Crippen LogP contribution < -0.4 is 0 Å². The number of hydrogen-bond donors (Lipinski definition) is 1. The first-order valence-corrected chi connectivity index (χ1v) is 4.04. The average Bonchev–Trinajstić information content (AvgIpc) is 2.51. The third-order valence-corrected chi connectivity index (χ3v) is 2.25. The Morgan fingerprint density at radius 3 is 2.67 bits per heavy atom. The lowest BCUT2D eigenvalue weighted by molar-refractivity contribution is -0.133. The standard InChI is InChI=1S/C8H13NO3/c1-6(11)7-2-3-9(4-7)8(12)5-10/h7,10H,2-5H2,1H3. The number of carbonyl (C=O) groups is 2. The summed E-state index contributed by atoms with van der Waals surface area (Å²) in [6.45, 7) is 2.17. The highest BCUT2D eigenvalue weighted by Gasteiger charge is 2.28. The van der Waals surface area contributed by atoms with Gasteiger partial charge in [-0.2, -0.15) is 0 Å². The van der Waals surface area contributed by atoms with E-state index in [1.54, 1.807) is 0 Å². The molecule has 1 atom stereocenters. The molecule has 0 aromatic heterocycles. The fourth-order valence-electron chi connectivity index (χ4n) is 1.42. The van der Waals surface area contributed by atoms with E-state index in [1.807, 2.05) is 0 Å². The second-order valence-corrected chi connectivity index (χ2v) is 3.09. The third-order valence-electron chi connectivity index (χ3n) is 2.25.